The summed E-state index contributed by atoms with van der Waals surface area (Å²) in [6.45, 7) is 3.90. The van der Waals surface area contributed by atoms with Crippen LogP contribution in [0.4, 0.5) is 15.9 Å². The van der Waals surface area contributed by atoms with Crippen molar-refractivity contribution in [2.75, 3.05) is 5.32 Å². The zero-order valence-corrected chi connectivity index (χ0v) is 11.2. The quantitative estimate of drug-likeness (QED) is 0.839. The van der Waals surface area contributed by atoms with Gasteiger partial charge in [0.25, 0.3) is 0 Å². The fourth-order valence-electron chi connectivity index (χ4n) is 1.71. The topological polar surface area (TPSA) is 48.7 Å². The van der Waals surface area contributed by atoms with E-state index in [0.717, 1.165) is 22.9 Å². The maximum atomic E-state index is 13.8. The normalized spacial score (nSPS) is 10.1. The van der Waals surface area contributed by atoms with E-state index in [4.69, 9.17) is 16.9 Å². The van der Waals surface area contributed by atoms with Gasteiger partial charge in [0.2, 0.25) is 0 Å². The monoisotopic (exact) mass is 275 g/mol. The molecule has 5 heteroatoms. The predicted molar refractivity (Wildman–Crippen MR) is 73.1 cm³/mol. The van der Waals surface area contributed by atoms with Gasteiger partial charge in [-0.2, -0.15) is 5.26 Å². The Morgan fingerprint density at radius 2 is 2.05 bits per heavy atom. The van der Waals surface area contributed by atoms with Gasteiger partial charge in [0, 0.05) is 5.69 Å². The Morgan fingerprint density at radius 1 is 1.32 bits per heavy atom. The Hall–Kier alpha value is -2.12. The number of anilines is 2. The Morgan fingerprint density at radius 3 is 2.68 bits per heavy atom. The van der Waals surface area contributed by atoms with Gasteiger partial charge in [0.1, 0.15) is 11.2 Å². The first-order valence-electron chi connectivity index (χ1n) is 5.61. The van der Waals surface area contributed by atoms with E-state index in [9.17, 15) is 4.39 Å². The Labute approximate surface area is 115 Å². The fourth-order valence-corrected chi connectivity index (χ4v) is 1.90. The molecule has 19 heavy (non-hydrogen) atoms. The van der Waals surface area contributed by atoms with E-state index in [1.165, 1.54) is 0 Å². The van der Waals surface area contributed by atoms with E-state index >= 15 is 0 Å². The highest BCUT2D eigenvalue weighted by Crippen LogP contribution is 2.25. The first-order chi connectivity index (χ1) is 9.01. The zero-order chi connectivity index (χ0) is 14.0. The number of benzene rings is 1. The maximum Gasteiger partial charge on any atom is 0.168 e. The van der Waals surface area contributed by atoms with Crippen molar-refractivity contribution in [1.82, 2.24) is 4.98 Å². The summed E-state index contributed by atoms with van der Waals surface area (Å²) in [6.07, 6.45) is 0. The summed E-state index contributed by atoms with van der Waals surface area (Å²) in [5.41, 5.74) is 2.86. The smallest absolute Gasteiger partial charge is 0.168 e. The maximum absolute atomic E-state index is 13.8. The summed E-state index contributed by atoms with van der Waals surface area (Å²) in [7, 11) is 0. The van der Waals surface area contributed by atoms with Crippen LogP contribution >= 0.6 is 11.6 Å². The first-order valence-corrected chi connectivity index (χ1v) is 5.99. The lowest BCUT2D eigenvalue weighted by Gasteiger charge is -2.10. The fraction of sp³-hybridized carbons (Fsp3) is 0.143. The zero-order valence-electron chi connectivity index (χ0n) is 10.5. The third-order valence-corrected chi connectivity index (χ3v) is 2.97. The van der Waals surface area contributed by atoms with Gasteiger partial charge in [-0.25, -0.2) is 9.37 Å². The Balaban J connectivity index is 2.39. The molecular formula is C14H11ClFN3. The molecule has 0 fully saturated rings. The van der Waals surface area contributed by atoms with Crippen molar-refractivity contribution in [3.05, 3.63) is 51.9 Å². The molecule has 0 saturated carbocycles. The van der Waals surface area contributed by atoms with E-state index < -0.39 is 5.82 Å². The lowest BCUT2D eigenvalue weighted by atomic mass is 10.1. The summed E-state index contributed by atoms with van der Waals surface area (Å²) in [4.78, 5) is 3.86. The lowest BCUT2D eigenvalue weighted by Crippen LogP contribution is -2.00. The van der Waals surface area contributed by atoms with Gasteiger partial charge in [0.05, 0.1) is 5.56 Å². The van der Waals surface area contributed by atoms with Crippen LogP contribution in [0.1, 0.15) is 16.7 Å². The van der Waals surface area contributed by atoms with Gasteiger partial charge in [-0.1, -0.05) is 29.3 Å². The molecule has 96 valence electrons. The number of nitrogens with one attached hydrogen (secondary N) is 1. The number of pyridine rings is 1. The highest BCUT2D eigenvalue weighted by Gasteiger charge is 2.11. The average molecular weight is 276 g/mol. The van der Waals surface area contributed by atoms with Crippen molar-refractivity contribution < 1.29 is 4.39 Å². The largest absolute Gasteiger partial charge is 0.338 e. The number of nitrogens with zero attached hydrogens (tertiary/aromatic N) is 2. The molecule has 3 nitrogen and oxygen atoms in total. The van der Waals surface area contributed by atoms with Gasteiger partial charge >= 0.3 is 0 Å². The van der Waals surface area contributed by atoms with Crippen molar-refractivity contribution in [2.45, 2.75) is 13.8 Å². The molecule has 2 rings (SSSR count). The molecule has 2 aromatic rings. The average Bonchev–Trinajstić information content (AvgIpc) is 2.36. The first kappa shape index (κ1) is 13.3. The van der Waals surface area contributed by atoms with Crippen LogP contribution in [0.25, 0.3) is 0 Å². The van der Waals surface area contributed by atoms with Gasteiger partial charge in [-0.3, -0.25) is 0 Å². The number of halogens is 2. The molecule has 0 aliphatic carbocycles. The minimum Gasteiger partial charge on any atom is -0.338 e. The van der Waals surface area contributed by atoms with Crippen LogP contribution in [0.3, 0.4) is 0 Å². The Bertz CT molecular complexity index is 677. The van der Waals surface area contributed by atoms with Crippen molar-refractivity contribution in [3.8, 4) is 6.07 Å². The molecule has 0 amide bonds. The second-order valence-corrected chi connectivity index (χ2v) is 4.57. The lowest BCUT2D eigenvalue weighted by molar-refractivity contribution is 0.626. The van der Waals surface area contributed by atoms with Crippen LogP contribution in [0.15, 0.2) is 24.3 Å². The summed E-state index contributed by atoms with van der Waals surface area (Å²) < 4.78 is 13.8. The van der Waals surface area contributed by atoms with Crippen LogP contribution in [-0.4, -0.2) is 4.98 Å². The molecule has 0 unspecified atom stereocenters. The standard InChI is InChI=1S/C14H11ClFN3/c1-8-3-4-12(9(2)5-8)18-14-11(16)6-10(7-17)13(15)19-14/h3-6H,1-2H3,(H,18,19). The van der Waals surface area contributed by atoms with Crippen molar-refractivity contribution in [1.29, 1.82) is 5.26 Å². The molecule has 1 aromatic carbocycles. The number of hydrogen-bond donors (Lipinski definition) is 1. The number of rotatable bonds is 2. The molecule has 0 atom stereocenters. The SMILES string of the molecule is Cc1ccc(Nc2nc(Cl)c(C#N)cc2F)c(C)c1. The molecule has 0 aliphatic heterocycles. The molecule has 0 saturated heterocycles. The number of aryl methyl sites for hydroxylation is 2. The molecule has 0 aliphatic rings. The van der Waals surface area contributed by atoms with Crippen LogP contribution in [0.5, 0.6) is 0 Å². The highest BCUT2D eigenvalue weighted by atomic mass is 35.5. The van der Waals surface area contributed by atoms with E-state index in [1.807, 2.05) is 32.0 Å². The molecular weight excluding hydrogens is 265 g/mol. The highest BCUT2D eigenvalue weighted by molar-refractivity contribution is 6.30. The number of aromatic nitrogens is 1. The van der Waals surface area contributed by atoms with Crippen LogP contribution in [-0.2, 0) is 0 Å². The molecule has 1 N–H and O–H groups in total. The number of nitriles is 1. The van der Waals surface area contributed by atoms with Gasteiger partial charge in [-0.15, -0.1) is 0 Å². The van der Waals surface area contributed by atoms with Crippen molar-refractivity contribution >= 4 is 23.1 Å². The third kappa shape index (κ3) is 2.83. The van der Waals surface area contributed by atoms with E-state index in [-0.39, 0.29) is 16.5 Å². The molecule has 0 bridgehead atoms. The van der Waals surface area contributed by atoms with Gasteiger partial charge < -0.3 is 5.32 Å². The minimum atomic E-state index is -0.610. The van der Waals surface area contributed by atoms with Gasteiger partial charge in [-0.05, 0) is 31.5 Å². The van der Waals surface area contributed by atoms with Crippen LogP contribution in [0, 0.1) is 31.0 Å². The van der Waals surface area contributed by atoms with E-state index in [1.54, 1.807) is 6.07 Å². The third-order valence-electron chi connectivity index (χ3n) is 2.68. The minimum absolute atomic E-state index is 0.0101. The van der Waals surface area contributed by atoms with Crippen molar-refractivity contribution in [3.63, 3.8) is 0 Å². The van der Waals surface area contributed by atoms with Crippen LogP contribution < -0.4 is 5.32 Å². The second kappa shape index (κ2) is 5.25. The van der Waals surface area contributed by atoms with Crippen LogP contribution in [0.2, 0.25) is 5.15 Å². The summed E-state index contributed by atoms with van der Waals surface area (Å²) in [5, 5.41) is 11.6. The number of hydrogen-bond acceptors (Lipinski definition) is 3. The predicted octanol–water partition coefficient (Wildman–Crippen LogP) is 4.11. The van der Waals surface area contributed by atoms with E-state index in [2.05, 4.69) is 10.3 Å². The summed E-state index contributed by atoms with van der Waals surface area (Å²) in [5.74, 6) is -0.600. The Kier molecular flexibility index (Phi) is 3.68. The van der Waals surface area contributed by atoms with Gasteiger partial charge in [0.15, 0.2) is 11.6 Å². The molecule has 0 radical (unpaired) electrons. The second-order valence-electron chi connectivity index (χ2n) is 4.21. The summed E-state index contributed by atoms with van der Waals surface area (Å²) >= 11 is 5.79. The van der Waals surface area contributed by atoms with E-state index in [0.29, 0.717) is 0 Å². The van der Waals surface area contributed by atoms with Crippen molar-refractivity contribution in [2.24, 2.45) is 0 Å². The molecule has 0 spiro atoms. The summed E-state index contributed by atoms with van der Waals surface area (Å²) in [6, 6.07) is 8.59. The molecule has 1 heterocycles. The molecule has 1 aromatic heterocycles.